The minimum absolute atomic E-state index is 0.137. The Kier molecular flexibility index (Phi) is 3.22. The van der Waals surface area contributed by atoms with Crippen LogP contribution in [0.15, 0.2) is 4.52 Å². The van der Waals surface area contributed by atoms with E-state index in [-0.39, 0.29) is 5.89 Å². The Morgan fingerprint density at radius 2 is 2.21 bits per heavy atom. The Balaban J connectivity index is 2.87. The highest BCUT2D eigenvalue weighted by Gasteiger charge is 2.23. The van der Waals surface area contributed by atoms with Gasteiger partial charge in [0.25, 0.3) is 0 Å². The molecule has 80 valence electrons. The Bertz CT molecular complexity index is 398. The molecule has 1 unspecified atom stereocenters. The van der Waals surface area contributed by atoms with Gasteiger partial charge in [0.2, 0.25) is 5.89 Å². The fourth-order valence-corrected chi connectivity index (χ4v) is 1.31. The van der Waals surface area contributed by atoms with Gasteiger partial charge in [-0.15, -0.1) is 0 Å². The van der Waals surface area contributed by atoms with Crippen molar-refractivity contribution in [2.45, 2.75) is 18.7 Å². The molecule has 1 aromatic rings. The number of nitrogens with one attached hydrogen (secondary N) is 1. The van der Waals surface area contributed by atoms with Gasteiger partial charge in [-0.3, -0.25) is 0 Å². The molecule has 0 saturated carbocycles. The van der Waals surface area contributed by atoms with E-state index in [9.17, 15) is 8.42 Å². The molecule has 0 radical (unpaired) electrons. The van der Waals surface area contributed by atoms with Crippen molar-refractivity contribution in [2.24, 2.45) is 0 Å². The second kappa shape index (κ2) is 4.05. The summed E-state index contributed by atoms with van der Waals surface area (Å²) in [4.78, 5) is 3.95. The zero-order valence-electron chi connectivity index (χ0n) is 8.31. The Morgan fingerprint density at radius 1 is 1.57 bits per heavy atom. The first kappa shape index (κ1) is 11.1. The monoisotopic (exact) mass is 219 g/mol. The molecule has 1 heterocycles. The van der Waals surface area contributed by atoms with Gasteiger partial charge in [-0.25, -0.2) is 8.42 Å². The van der Waals surface area contributed by atoms with E-state index in [1.54, 1.807) is 7.05 Å². The van der Waals surface area contributed by atoms with Crippen LogP contribution in [0.3, 0.4) is 0 Å². The summed E-state index contributed by atoms with van der Waals surface area (Å²) in [5, 5.41) is 5.72. The molecule has 0 amide bonds. The lowest BCUT2D eigenvalue weighted by atomic mass is 10.5. The van der Waals surface area contributed by atoms with Crippen LogP contribution in [0.5, 0.6) is 0 Å². The SMILES string of the molecule is CNCc1noc(C(C)S(C)(=O)=O)n1. The maximum absolute atomic E-state index is 11.2. The van der Waals surface area contributed by atoms with Crippen molar-refractivity contribution in [3.8, 4) is 0 Å². The van der Waals surface area contributed by atoms with Gasteiger partial charge in [-0.2, -0.15) is 4.98 Å². The third-order valence-electron chi connectivity index (χ3n) is 1.81. The van der Waals surface area contributed by atoms with Gasteiger partial charge in [0.05, 0.1) is 6.54 Å². The smallest absolute Gasteiger partial charge is 0.244 e. The van der Waals surface area contributed by atoms with Crippen molar-refractivity contribution in [2.75, 3.05) is 13.3 Å². The quantitative estimate of drug-likeness (QED) is 0.760. The Hall–Kier alpha value is -0.950. The predicted molar refractivity (Wildman–Crippen MR) is 50.3 cm³/mol. The van der Waals surface area contributed by atoms with Gasteiger partial charge < -0.3 is 9.84 Å². The summed E-state index contributed by atoms with van der Waals surface area (Å²) in [6, 6.07) is 0. The van der Waals surface area contributed by atoms with E-state index in [2.05, 4.69) is 15.5 Å². The van der Waals surface area contributed by atoms with Crippen LogP contribution in [0, 0.1) is 0 Å². The van der Waals surface area contributed by atoms with Crippen LogP contribution in [0.2, 0.25) is 0 Å². The Morgan fingerprint density at radius 3 is 2.71 bits per heavy atom. The summed E-state index contributed by atoms with van der Waals surface area (Å²) in [6.07, 6.45) is 1.14. The van der Waals surface area contributed by atoms with Crippen LogP contribution < -0.4 is 5.32 Å². The van der Waals surface area contributed by atoms with Crippen molar-refractivity contribution in [3.63, 3.8) is 0 Å². The van der Waals surface area contributed by atoms with Crippen LogP contribution in [0.1, 0.15) is 23.9 Å². The normalized spacial score (nSPS) is 14.2. The van der Waals surface area contributed by atoms with Gasteiger partial charge in [0.15, 0.2) is 15.7 Å². The second-order valence-corrected chi connectivity index (χ2v) is 5.42. The van der Waals surface area contributed by atoms with E-state index >= 15 is 0 Å². The minimum Gasteiger partial charge on any atom is -0.338 e. The zero-order chi connectivity index (χ0) is 10.8. The van der Waals surface area contributed by atoms with Crippen LogP contribution in [0.25, 0.3) is 0 Å². The predicted octanol–water partition coefficient (Wildman–Crippen LogP) is -0.105. The first-order valence-electron chi connectivity index (χ1n) is 4.11. The van der Waals surface area contributed by atoms with Crippen molar-refractivity contribution in [1.82, 2.24) is 15.5 Å². The molecule has 7 heteroatoms. The maximum Gasteiger partial charge on any atom is 0.244 e. The molecule has 0 aromatic carbocycles. The highest BCUT2D eigenvalue weighted by Crippen LogP contribution is 2.18. The molecule has 1 atom stereocenters. The molecular formula is C7H13N3O3S. The number of sulfone groups is 1. The molecule has 0 aliphatic carbocycles. The van der Waals surface area contributed by atoms with E-state index in [1.165, 1.54) is 6.92 Å². The fourth-order valence-electron chi connectivity index (χ4n) is 0.846. The molecule has 14 heavy (non-hydrogen) atoms. The number of aromatic nitrogens is 2. The number of nitrogens with zero attached hydrogens (tertiary/aromatic N) is 2. The molecule has 0 bridgehead atoms. The van der Waals surface area contributed by atoms with E-state index in [0.29, 0.717) is 12.4 Å². The average molecular weight is 219 g/mol. The first-order valence-corrected chi connectivity index (χ1v) is 6.06. The van der Waals surface area contributed by atoms with Crippen LogP contribution >= 0.6 is 0 Å². The summed E-state index contributed by atoms with van der Waals surface area (Å²) < 4.78 is 27.1. The zero-order valence-corrected chi connectivity index (χ0v) is 9.13. The third-order valence-corrected chi connectivity index (χ3v) is 3.29. The lowest BCUT2D eigenvalue weighted by molar-refractivity contribution is 0.370. The topological polar surface area (TPSA) is 85.1 Å². The van der Waals surface area contributed by atoms with Crippen molar-refractivity contribution < 1.29 is 12.9 Å². The molecule has 0 saturated heterocycles. The molecule has 1 rings (SSSR count). The van der Waals surface area contributed by atoms with Crippen LogP contribution in [0.4, 0.5) is 0 Å². The van der Waals surface area contributed by atoms with E-state index in [1.807, 2.05) is 0 Å². The fraction of sp³-hybridized carbons (Fsp3) is 0.714. The number of hydrogen-bond donors (Lipinski definition) is 1. The van der Waals surface area contributed by atoms with E-state index in [4.69, 9.17) is 4.52 Å². The van der Waals surface area contributed by atoms with Gasteiger partial charge in [0, 0.05) is 6.26 Å². The summed E-state index contributed by atoms with van der Waals surface area (Å²) in [5.41, 5.74) is 0. The third kappa shape index (κ3) is 2.52. The standard InChI is InChI=1S/C7H13N3O3S/c1-5(14(3,11)12)7-9-6(4-8-2)10-13-7/h5,8H,4H2,1-3H3. The van der Waals surface area contributed by atoms with E-state index < -0.39 is 15.1 Å². The second-order valence-electron chi connectivity index (χ2n) is 3.05. The maximum atomic E-state index is 11.2. The summed E-state index contributed by atoms with van der Waals surface area (Å²) in [7, 11) is -1.43. The molecule has 1 aromatic heterocycles. The lowest BCUT2D eigenvalue weighted by Gasteiger charge is -2.01. The first-order chi connectivity index (χ1) is 6.45. The lowest BCUT2D eigenvalue weighted by Crippen LogP contribution is -2.09. The Labute approximate surface area is 82.6 Å². The number of hydrogen-bond acceptors (Lipinski definition) is 6. The summed E-state index contributed by atoms with van der Waals surface area (Å²) in [5.74, 6) is 0.593. The number of rotatable bonds is 4. The van der Waals surface area contributed by atoms with Crippen molar-refractivity contribution in [1.29, 1.82) is 0 Å². The van der Waals surface area contributed by atoms with Crippen LogP contribution in [-0.2, 0) is 16.4 Å². The van der Waals surface area contributed by atoms with Crippen molar-refractivity contribution in [3.05, 3.63) is 11.7 Å². The molecule has 0 fully saturated rings. The van der Waals surface area contributed by atoms with Gasteiger partial charge in [-0.1, -0.05) is 5.16 Å². The average Bonchev–Trinajstić information content (AvgIpc) is 2.50. The molecule has 0 aliphatic heterocycles. The largest absolute Gasteiger partial charge is 0.338 e. The van der Waals surface area contributed by atoms with Gasteiger partial charge in [0.1, 0.15) is 5.25 Å². The van der Waals surface area contributed by atoms with E-state index in [0.717, 1.165) is 6.26 Å². The van der Waals surface area contributed by atoms with Crippen molar-refractivity contribution >= 4 is 9.84 Å². The van der Waals surface area contributed by atoms with Crippen LogP contribution in [-0.4, -0.2) is 31.9 Å². The molecular weight excluding hydrogens is 206 g/mol. The molecule has 1 N–H and O–H groups in total. The highest BCUT2D eigenvalue weighted by atomic mass is 32.2. The summed E-state index contributed by atoms with van der Waals surface area (Å²) in [6.45, 7) is 1.98. The summed E-state index contributed by atoms with van der Waals surface area (Å²) >= 11 is 0. The molecule has 0 spiro atoms. The molecule has 0 aliphatic rings. The highest BCUT2D eigenvalue weighted by molar-refractivity contribution is 7.90. The minimum atomic E-state index is -3.17. The van der Waals surface area contributed by atoms with Gasteiger partial charge in [-0.05, 0) is 14.0 Å². The van der Waals surface area contributed by atoms with Gasteiger partial charge >= 0.3 is 0 Å². The molecule has 6 nitrogen and oxygen atoms in total.